The average Bonchev–Trinajstić information content (AvgIpc) is 2.51. The first-order chi connectivity index (χ1) is 10.4. The van der Waals surface area contributed by atoms with Gasteiger partial charge in [-0.15, -0.1) is 0 Å². The van der Waals surface area contributed by atoms with Gasteiger partial charge in [0.25, 0.3) is 0 Å². The lowest BCUT2D eigenvalue weighted by Crippen LogP contribution is -2.34. The van der Waals surface area contributed by atoms with E-state index in [2.05, 4.69) is 64.9 Å². The second-order valence-electron chi connectivity index (χ2n) is 5.82. The number of aromatic nitrogens is 1. The zero-order chi connectivity index (χ0) is 14.1. The van der Waals surface area contributed by atoms with Crippen LogP contribution in [-0.2, 0) is 0 Å². The predicted octanol–water partition coefficient (Wildman–Crippen LogP) is 4.59. The number of fused-ring (bicyclic) bond motifs is 1. The zero-order valence-electron chi connectivity index (χ0n) is 11.9. The largest absolute Gasteiger partial charge is 0.382 e. The third kappa shape index (κ3) is 2.38. The van der Waals surface area contributed by atoms with E-state index in [0.717, 1.165) is 0 Å². The molecule has 4 rings (SSSR count). The first kappa shape index (κ1) is 12.4. The molecule has 3 aromatic rings. The standard InChI is InChI=1S/C19H18N2/c1-2-5-14(6-3-1)16-11-17(12-16)21-19-8-4-7-15-9-10-20-13-18(15)19/h1-10,13,16-17,21H,11-12H2. The van der Waals surface area contributed by atoms with E-state index in [1.165, 1.54) is 34.9 Å². The van der Waals surface area contributed by atoms with E-state index < -0.39 is 0 Å². The highest BCUT2D eigenvalue weighted by Crippen LogP contribution is 2.39. The molecule has 0 amide bonds. The molecule has 0 saturated heterocycles. The van der Waals surface area contributed by atoms with Crippen LogP contribution in [0.15, 0.2) is 67.0 Å². The van der Waals surface area contributed by atoms with Crippen molar-refractivity contribution in [2.75, 3.05) is 5.32 Å². The molecular formula is C19H18N2. The molecule has 1 N–H and O–H groups in total. The molecule has 0 spiro atoms. The van der Waals surface area contributed by atoms with Crippen LogP contribution in [0, 0.1) is 0 Å². The second kappa shape index (κ2) is 5.21. The molecule has 1 heterocycles. The maximum atomic E-state index is 4.25. The lowest BCUT2D eigenvalue weighted by atomic mass is 9.76. The van der Waals surface area contributed by atoms with Crippen LogP contribution in [0.3, 0.4) is 0 Å². The number of hydrogen-bond donors (Lipinski definition) is 1. The van der Waals surface area contributed by atoms with Crippen molar-refractivity contribution >= 4 is 16.5 Å². The molecule has 1 aromatic heterocycles. The highest BCUT2D eigenvalue weighted by atomic mass is 14.9. The third-order valence-corrected chi connectivity index (χ3v) is 4.45. The van der Waals surface area contributed by atoms with Crippen molar-refractivity contribution in [3.63, 3.8) is 0 Å². The van der Waals surface area contributed by atoms with Gasteiger partial charge in [0.05, 0.1) is 0 Å². The summed E-state index contributed by atoms with van der Waals surface area (Å²) in [6, 6.07) is 19.9. The van der Waals surface area contributed by atoms with Gasteiger partial charge in [0.2, 0.25) is 0 Å². The van der Waals surface area contributed by atoms with Crippen molar-refractivity contribution in [2.45, 2.75) is 24.8 Å². The molecule has 104 valence electrons. The molecule has 1 aliphatic carbocycles. The minimum atomic E-state index is 0.570. The van der Waals surface area contributed by atoms with Gasteiger partial charge in [-0.05, 0) is 41.8 Å². The minimum Gasteiger partial charge on any atom is -0.382 e. The number of nitrogens with zero attached hydrogens (tertiary/aromatic N) is 1. The number of anilines is 1. The number of pyridine rings is 1. The summed E-state index contributed by atoms with van der Waals surface area (Å²) in [5.74, 6) is 0.705. The number of benzene rings is 2. The Hall–Kier alpha value is -2.35. The van der Waals surface area contributed by atoms with E-state index in [9.17, 15) is 0 Å². The Labute approximate surface area is 124 Å². The number of rotatable bonds is 3. The molecule has 2 nitrogen and oxygen atoms in total. The van der Waals surface area contributed by atoms with Crippen molar-refractivity contribution in [2.24, 2.45) is 0 Å². The van der Waals surface area contributed by atoms with Crippen LogP contribution in [0.2, 0.25) is 0 Å². The summed E-state index contributed by atoms with van der Waals surface area (Å²) >= 11 is 0. The average molecular weight is 274 g/mol. The fraction of sp³-hybridized carbons (Fsp3) is 0.211. The summed E-state index contributed by atoms with van der Waals surface area (Å²) in [7, 11) is 0. The van der Waals surface area contributed by atoms with Crippen molar-refractivity contribution in [1.29, 1.82) is 0 Å². The lowest BCUT2D eigenvalue weighted by molar-refractivity contribution is 0.374. The van der Waals surface area contributed by atoms with Crippen molar-refractivity contribution in [3.05, 3.63) is 72.6 Å². The second-order valence-corrected chi connectivity index (χ2v) is 5.82. The van der Waals surface area contributed by atoms with Gasteiger partial charge in [0.15, 0.2) is 0 Å². The third-order valence-electron chi connectivity index (χ3n) is 4.45. The molecule has 1 aliphatic rings. The Balaban J connectivity index is 1.48. The fourth-order valence-electron chi connectivity index (χ4n) is 3.19. The summed E-state index contributed by atoms with van der Waals surface area (Å²) in [5, 5.41) is 6.14. The highest BCUT2D eigenvalue weighted by molar-refractivity contribution is 5.93. The molecule has 2 aromatic carbocycles. The molecule has 21 heavy (non-hydrogen) atoms. The van der Waals surface area contributed by atoms with Crippen LogP contribution in [0.1, 0.15) is 24.3 Å². The Morgan fingerprint density at radius 1 is 0.905 bits per heavy atom. The molecule has 2 heteroatoms. The maximum absolute atomic E-state index is 4.25. The van der Waals surface area contributed by atoms with Crippen LogP contribution >= 0.6 is 0 Å². The quantitative estimate of drug-likeness (QED) is 0.755. The van der Waals surface area contributed by atoms with Crippen molar-refractivity contribution < 1.29 is 0 Å². The first-order valence-corrected chi connectivity index (χ1v) is 7.54. The number of hydrogen-bond acceptors (Lipinski definition) is 2. The lowest BCUT2D eigenvalue weighted by Gasteiger charge is -2.37. The van der Waals surface area contributed by atoms with E-state index in [1.807, 2.05) is 12.4 Å². The summed E-state index contributed by atoms with van der Waals surface area (Å²) in [4.78, 5) is 4.25. The van der Waals surface area contributed by atoms with Gasteiger partial charge in [0, 0.05) is 29.5 Å². The Morgan fingerprint density at radius 2 is 1.76 bits per heavy atom. The molecule has 0 unspecified atom stereocenters. The molecule has 1 fully saturated rings. The van der Waals surface area contributed by atoms with Gasteiger partial charge in [-0.25, -0.2) is 0 Å². The van der Waals surface area contributed by atoms with Gasteiger partial charge in [-0.2, -0.15) is 0 Å². The zero-order valence-corrected chi connectivity index (χ0v) is 11.9. The Bertz CT molecular complexity index is 740. The molecule has 1 saturated carbocycles. The van der Waals surface area contributed by atoms with E-state index in [1.54, 1.807) is 0 Å². The smallest absolute Gasteiger partial charge is 0.0437 e. The van der Waals surface area contributed by atoms with Crippen LogP contribution in [-0.4, -0.2) is 11.0 Å². The molecular weight excluding hydrogens is 256 g/mol. The van der Waals surface area contributed by atoms with Crippen LogP contribution in [0.4, 0.5) is 5.69 Å². The van der Waals surface area contributed by atoms with Gasteiger partial charge in [0.1, 0.15) is 0 Å². The van der Waals surface area contributed by atoms with E-state index in [0.29, 0.717) is 12.0 Å². The van der Waals surface area contributed by atoms with Crippen LogP contribution < -0.4 is 5.32 Å². The predicted molar refractivity (Wildman–Crippen MR) is 87.6 cm³/mol. The molecule has 0 bridgehead atoms. The maximum Gasteiger partial charge on any atom is 0.0437 e. The van der Waals surface area contributed by atoms with Gasteiger partial charge < -0.3 is 5.32 Å². The number of nitrogens with one attached hydrogen (secondary N) is 1. The monoisotopic (exact) mass is 274 g/mol. The summed E-state index contributed by atoms with van der Waals surface area (Å²) in [6.07, 6.45) is 6.22. The minimum absolute atomic E-state index is 0.570. The topological polar surface area (TPSA) is 24.9 Å². The summed E-state index contributed by atoms with van der Waals surface area (Å²) < 4.78 is 0. The Kier molecular flexibility index (Phi) is 3.07. The highest BCUT2D eigenvalue weighted by Gasteiger charge is 2.30. The molecule has 0 atom stereocenters. The van der Waals surface area contributed by atoms with Crippen molar-refractivity contribution in [3.8, 4) is 0 Å². The summed E-state index contributed by atoms with van der Waals surface area (Å²) in [6.45, 7) is 0. The first-order valence-electron chi connectivity index (χ1n) is 7.54. The van der Waals surface area contributed by atoms with Gasteiger partial charge in [-0.1, -0.05) is 42.5 Å². The van der Waals surface area contributed by atoms with Crippen LogP contribution in [0.5, 0.6) is 0 Å². The van der Waals surface area contributed by atoms with Gasteiger partial charge >= 0.3 is 0 Å². The summed E-state index contributed by atoms with van der Waals surface area (Å²) in [5.41, 5.74) is 2.67. The molecule has 0 aliphatic heterocycles. The molecule has 0 radical (unpaired) electrons. The fourth-order valence-corrected chi connectivity index (χ4v) is 3.19. The normalized spacial score (nSPS) is 21.0. The van der Waals surface area contributed by atoms with Crippen LogP contribution in [0.25, 0.3) is 10.8 Å². The van der Waals surface area contributed by atoms with Crippen molar-refractivity contribution in [1.82, 2.24) is 4.98 Å². The van der Waals surface area contributed by atoms with E-state index in [4.69, 9.17) is 0 Å². The van der Waals surface area contributed by atoms with E-state index in [-0.39, 0.29) is 0 Å². The van der Waals surface area contributed by atoms with Gasteiger partial charge in [-0.3, -0.25) is 4.98 Å². The van der Waals surface area contributed by atoms with E-state index >= 15 is 0 Å². The SMILES string of the molecule is c1ccc(C2CC(Nc3cccc4ccncc34)C2)cc1. The Morgan fingerprint density at radius 3 is 2.62 bits per heavy atom.